The Morgan fingerprint density at radius 2 is 2.00 bits per heavy atom. The van der Waals surface area contributed by atoms with E-state index in [0.29, 0.717) is 17.2 Å². The van der Waals surface area contributed by atoms with Crippen molar-refractivity contribution in [1.29, 1.82) is 0 Å². The number of tetrazole rings is 1. The van der Waals surface area contributed by atoms with Crippen molar-refractivity contribution in [3.63, 3.8) is 0 Å². The first kappa shape index (κ1) is 19.4. The predicted molar refractivity (Wildman–Crippen MR) is 101 cm³/mol. The van der Waals surface area contributed by atoms with Crippen LogP contribution in [0, 0.1) is 0 Å². The molecule has 0 unspecified atom stereocenters. The van der Waals surface area contributed by atoms with Crippen LogP contribution in [-0.4, -0.2) is 48.3 Å². The summed E-state index contributed by atoms with van der Waals surface area (Å²) in [6.07, 6.45) is -1.01. The van der Waals surface area contributed by atoms with Gasteiger partial charge in [0.05, 0.1) is 18.9 Å². The highest BCUT2D eigenvalue weighted by atomic mass is 19.4. The molecular weight excluding hydrogens is 401 g/mol. The molecule has 0 aliphatic rings. The standard InChI is InChI=1S/C18H15F3N8O/c1-28-26-16(25-27-28)12-5-6-29-14(9-22-15(29)8-12)11-3-2-4-13(7-11)24-17(30)23-10-18(19,20)21/h2-9H,10H2,1H3,(H2,23,24,30). The minimum atomic E-state index is -4.48. The monoisotopic (exact) mass is 416 g/mol. The van der Waals surface area contributed by atoms with Crippen LogP contribution in [0.1, 0.15) is 0 Å². The second kappa shape index (κ2) is 7.46. The number of aryl methyl sites for hydroxylation is 1. The number of carbonyl (C=O) groups excluding carboxylic acids is 1. The Balaban J connectivity index is 1.57. The van der Waals surface area contributed by atoms with Crippen LogP contribution in [-0.2, 0) is 7.05 Å². The van der Waals surface area contributed by atoms with Crippen LogP contribution in [0.3, 0.4) is 0 Å². The Morgan fingerprint density at radius 3 is 2.73 bits per heavy atom. The van der Waals surface area contributed by atoms with Crippen LogP contribution in [0.4, 0.5) is 23.7 Å². The summed E-state index contributed by atoms with van der Waals surface area (Å²) < 4.78 is 38.5. The van der Waals surface area contributed by atoms with Crippen LogP contribution >= 0.6 is 0 Å². The normalized spacial score (nSPS) is 11.6. The number of imidazole rings is 1. The van der Waals surface area contributed by atoms with Gasteiger partial charge in [0.25, 0.3) is 0 Å². The Labute approximate surface area is 167 Å². The van der Waals surface area contributed by atoms with Gasteiger partial charge in [-0.1, -0.05) is 12.1 Å². The van der Waals surface area contributed by atoms with Crippen molar-refractivity contribution in [3.8, 4) is 22.6 Å². The highest BCUT2D eigenvalue weighted by Gasteiger charge is 2.27. The van der Waals surface area contributed by atoms with E-state index in [1.165, 1.54) is 4.80 Å². The number of alkyl halides is 3. The molecule has 30 heavy (non-hydrogen) atoms. The van der Waals surface area contributed by atoms with Crippen LogP contribution in [0.5, 0.6) is 0 Å². The summed E-state index contributed by atoms with van der Waals surface area (Å²) in [4.78, 5) is 17.4. The molecule has 3 heterocycles. The molecule has 0 radical (unpaired) electrons. The maximum Gasteiger partial charge on any atom is 0.405 e. The van der Waals surface area contributed by atoms with Gasteiger partial charge >= 0.3 is 12.2 Å². The van der Waals surface area contributed by atoms with E-state index in [1.807, 2.05) is 16.5 Å². The second-order valence-electron chi connectivity index (χ2n) is 6.39. The summed E-state index contributed by atoms with van der Waals surface area (Å²) in [5.74, 6) is 0.473. The van der Waals surface area contributed by atoms with Crippen molar-refractivity contribution in [1.82, 2.24) is 34.9 Å². The SMILES string of the molecule is Cn1nnc(-c2ccn3c(-c4cccc(NC(=O)NCC(F)(F)F)c4)cnc3c2)n1. The molecule has 0 spiro atoms. The smallest absolute Gasteiger partial charge is 0.329 e. The van der Waals surface area contributed by atoms with E-state index in [2.05, 4.69) is 25.7 Å². The van der Waals surface area contributed by atoms with Gasteiger partial charge in [-0.25, -0.2) is 9.78 Å². The van der Waals surface area contributed by atoms with Gasteiger partial charge in [0, 0.05) is 23.0 Å². The molecule has 0 saturated carbocycles. The van der Waals surface area contributed by atoms with E-state index >= 15 is 0 Å². The van der Waals surface area contributed by atoms with Crippen LogP contribution in [0.25, 0.3) is 28.3 Å². The lowest BCUT2D eigenvalue weighted by atomic mass is 10.1. The molecule has 0 saturated heterocycles. The summed E-state index contributed by atoms with van der Waals surface area (Å²) in [5, 5.41) is 16.1. The largest absolute Gasteiger partial charge is 0.405 e. The first-order valence-corrected chi connectivity index (χ1v) is 8.72. The molecule has 0 fully saturated rings. The Hall–Kier alpha value is -3.96. The van der Waals surface area contributed by atoms with Gasteiger partial charge in [0.15, 0.2) is 0 Å². The number of pyridine rings is 1. The average molecular weight is 416 g/mol. The number of urea groups is 1. The highest BCUT2D eigenvalue weighted by molar-refractivity contribution is 5.90. The fourth-order valence-corrected chi connectivity index (χ4v) is 2.85. The zero-order chi connectivity index (χ0) is 21.3. The van der Waals surface area contributed by atoms with E-state index in [0.717, 1.165) is 16.8 Å². The van der Waals surface area contributed by atoms with Crippen molar-refractivity contribution in [2.75, 3.05) is 11.9 Å². The third-order valence-corrected chi connectivity index (χ3v) is 4.15. The minimum Gasteiger partial charge on any atom is -0.329 e. The fourth-order valence-electron chi connectivity index (χ4n) is 2.85. The minimum absolute atomic E-state index is 0.350. The van der Waals surface area contributed by atoms with E-state index in [1.54, 1.807) is 49.0 Å². The molecule has 4 rings (SSSR count). The summed E-state index contributed by atoms with van der Waals surface area (Å²) in [7, 11) is 1.67. The maximum absolute atomic E-state index is 12.2. The molecule has 2 N–H and O–H groups in total. The number of carbonyl (C=O) groups is 1. The van der Waals surface area contributed by atoms with Crippen molar-refractivity contribution < 1.29 is 18.0 Å². The van der Waals surface area contributed by atoms with Gasteiger partial charge in [0.2, 0.25) is 5.82 Å². The number of amides is 2. The number of aromatic nitrogens is 6. The van der Waals surface area contributed by atoms with Crippen molar-refractivity contribution in [2.24, 2.45) is 7.05 Å². The zero-order valence-corrected chi connectivity index (χ0v) is 15.6. The number of hydrogen-bond donors (Lipinski definition) is 2. The van der Waals surface area contributed by atoms with Crippen molar-refractivity contribution in [2.45, 2.75) is 6.18 Å². The highest BCUT2D eigenvalue weighted by Crippen LogP contribution is 2.25. The van der Waals surface area contributed by atoms with E-state index in [-0.39, 0.29) is 0 Å². The zero-order valence-electron chi connectivity index (χ0n) is 15.6. The number of nitrogens with zero attached hydrogens (tertiary/aromatic N) is 6. The Kier molecular flexibility index (Phi) is 4.82. The Bertz CT molecular complexity index is 1210. The number of fused-ring (bicyclic) bond motifs is 1. The third-order valence-electron chi connectivity index (χ3n) is 4.15. The lowest BCUT2D eigenvalue weighted by molar-refractivity contribution is -0.122. The molecule has 0 bridgehead atoms. The first-order valence-electron chi connectivity index (χ1n) is 8.72. The lowest BCUT2D eigenvalue weighted by Gasteiger charge is -2.10. The molecule has 0 aliphatic carbocycles. The predicted octanol–water partition coefficient (Wildman–Crippen LogP) is 2.88. The van der Waals surface area contributed by atoms with E-state index in [4.69, 9.17) is 0 Å². The number of benzene rings is 1. The molecular formula is C18H15F3N8O. The summed E-state index contributed by atoms with van der Waals surface area (Å²) in [6, 6.07) is 9.41. The average Bonchev–Trinajstić information content (AvgIpc) is 3.32. The van der Waals surface area contributed by atoms with Crippen LogP contribution < -0.4 is 10.6 Å². The van der Waals surface area contributed by atoms with Crippen molar-refractivity contribution in [3.05, 3.63) is 48.8 Å². The molecule has 2 amide bonds. The topological polar surface area (TPSA) is 102 Å². The molecule has 9 nitrogen and oxygen atoms in total. The maximum atomic E-state index is 12.2. The van der Waals surface area contributed by atoms with Crippen LogP contribution in [0.15, 0.2) is 48.8 Å². The van der Waals surface area contributed by atoms with Gasteiger partial charge in [-0.05, 0) is 29.5 Å². The lowest BCUT2D eigenvalue weighted by Crippen LogP contribution is -2.36. The van der Waals surface area contributed by atoms with E-state index < -0.39 is 18.8 Å². The van der Waals surface area contributed by atoms with Gasteiger partial charge in [0.1, 0.15) is 12.2 Å². The number of nitrogens with one attached hydrogen (secondary N) is 2. The molecule has 154 valence electrons. The number of anilines is 1. The summed E-state index contributed by atoms with van der Waals surface area (Å²) in [6.45, 7) is -1.41. The molecule has 0 aliphatic heterocycles. The molecule has 1 aromatic carbocycles. The van der Waals surface area contributed by atoms with Gasteiger partial charge in [-0.15, -0.1) is 10.2 Å². The number of rotatable bonds is 4. The second-order valence-corrected chi connectivity index (χ2v) is 6.39. The summed E-state index contributed by atoms with van der Waals surface area (Å²) in [5.41, 5.74) is 3.22. The first-order chi connectivity index (χ1) is 14.3. The van der Waals surface area contributed by atoms with Crippen LogP contribution in [0.2, 0.25) is 0 Å². The number of hydrogen-bond acceptors (Lipinski definition) is 5. The third kappa shape index (κ3) is 4.21. The summed E-state index contributed by atoms with van der Waals surface area (Å²) >= 11 is 0. The van der Waals surface area contributed by atoms with Crippen molar-refractivity contribution >= 4 is 17.4 Å². The molecule has 12 heteroatoms. The molecule has 4 aromatic rings. The quantitative estimate of drug-likeness (QED) is 0.533. The van der Waals surface area contributed by atoms with Gasteiger partial charge < -0.3 is 10.6 Å². The van der Waals surface area contributed by atoms with Gasteiger partial charge in [-0.3, -0.25) is 4.40 Å². The molecule has 3 aromatic heterocycles. The fraction of sp³-hybridized carbons (Fsp3) is 0.167. The number of halogens is 3. The van der Waals surface area contributed by atoms with E-state index in [9.17, 15) is 18.0 Å². The van der Waals surface area contributed by atoms with Gasteiger partial charge in [-0.2, -0.15) is 18.0 Å². The Morgan fingerprint density at radius 1 is 1.17 bits per heavy atom. The molecule has 0 atom stereocenters.